The minimum Gasteiger partial charge on any atom is -0.493 e. The second-order valence-corrected chi connectivity index (χ2v) is 7.54. The highest BCUT2D eigenvalue weighted by Crippen LogP contribution is 2.17. The van der Waals surface area contributed by atoms with Crippen molar-refractivity contribution in [2.75, 3.05) is 19.7 Å². The molecule has 5 nitrogen and oxygen atoms in total. The van der Waals surface area contributed by atoms with Crippen LogP contribution >= 0.6 is 0 Å². The van der Waals surface area contributed by atoms with Gasteiger partial charge in [-0.1, -0.05) is 32.0 Å². The predicted octanol–water partition coefficient (Wildman–Crippen LogP) is 3.31. The third-order valence-corrected chi connectivity index (χ3v) is 4.69. The largest absolute Gasteiger partial charge is 0.493 e. The van der Waals surface area contributed by atoms with E-state index >= 15 is 0 Å². The molecule has 1 N–H and O–H groups in total. The van der Waals surface area contributed by atoms with Gasteiger partial charge in [0.15, 0.2) is 0 Å². The summed E-state index contributed by atoms with van der Waals surface area (Å²) in [5.74, 6) is 1.58. The number of rotatable bonds is 8. The van der Waals surface area contributed by atoms with Crippen molar-refractivity contribution in [2.45, 2.75) is 58.9 Å². The summed E-state index contributed by atoms with van der Waals surface area (Å²) in [5, 5.41) is 3.10. The molecule has 5 heteroatoms. The minimum atomic E-state index is 0.0744. The number of carbonyl (C=O) groups excluding carboxylic acids is 2. The SMILES string of the molecule is Cc1ccccc1OCCCC(=O)NC1CCN(C(=O)CC(C)C)CC1. The van der Waals surface area contributed by atoms with E-state index in [1.54, 1.807) is 0 Å². The van der Waals surface area contributed by atoms with E-state index in [0.29, 0.717) is 31.8 Å². The average molecular weight is 360 g/mol. The summed E-state index contributed by atoms with van der Waals surface area (Å²) >= 11 is 0. The number of benzene rings is 1. The fraction of sp³-hybridized carbons (Fsp3) is 0.619. The standard InChI is InChI=1S/C21H32N2O3/c1-16(2)15-21(25)23-12-10-18(11-13-23)22-20(24)9-6-14-26-19-8-5-4-7-17(19)3/h4-5,7-8,16,18H,6,9-15H2,1-3H3,(H,22,24). The molecule has 0 atom stereocenters. The van der Waals surface area contributed by atoms with Crippen molar-refractivity contribution < 1.29 is 14.3 Å². The lowest BCUT2D eigenvalue weighted by Crippen LogP contribution is -2.46. The predicted molar refractivity (Wildman–Crippen MR) is 103 cm³/mol. The number of aryl methyl sites for hydroxylation is 1. The maximum Gasteiger partial charge on any atom is 0.222 e. The van der Waals surface area contributed by atoms with Crippen molar-refractivity contribution in [3.63, 3.8) is 0 Å². The molecule has 1 aromatic rings. The number of likely N-dealkylation sites (tertiary alicyclic amines) is 1. The molecule has 144 valence electrons. The van der Waals surface area contributed by atoms with Gasteiger partial charge < -0.3 is 15.0 Å². The molecular formula is C21H32N2O3. The van der Waals surface area contributed by atoms with Crippen molar-refractivity contribution in [3.05, 3.63) is 29.8 Å². The van der Waals surface area contributed by atoms with Crippen molar-refractivity contribution >= 4 is 11.8 Å². The van der Waals surface area contributed by atoms with Gasteiger partial charge in [-0.05, 0) is 43.7 Å². The molecule has 1 heterocycles. The molecule has 0 radical (unpaired) electrons. The van der Waals surface area contributed by atoms with Crippen LogP contribution in [0.1, 0.15) is 51.5 Å². The molecule has 0 aliphatic carbocycles. The van der Waals surface area contributed by atoms with E-state index in [-0.39, 0.29) is 17.9 Å². The van der Waals surface area contributed by atoms with Crippen LogP contribution in [0.2, 0.25) is 0 Å². The van der Waals surface area contributed by atoms with Crippen LogP contribution in [-0.4, -0.2) is 42.5 Å². The van der Waals surface area contributed by atoms with E-state index in [0.717, 1.165) is 37.2 Å². The van der Waals surface area contributed by atoms with Gasteiger partial charge in [0.1, 0.15) is 5.75 Å². The number of nitrogens with one attached hydrogen (secondary N) is 1. The van der Waals surface area contributed by atoms with Crippen molar-refractivity contribution in [1.82, 2.24) is 10.2 Å². The van der Waals surface area contributed by atoms with Gasteiger partial charge in [0.25, 0.3) is 0 Å². The summed E-state index contributed by atoms with van der Waals surface area (Å²) in [6, 6.07) is 8.08. The third-order valence-electron chi connectivity index (χ3n) is 4.69. The van der Waals surface area contributed by atoms with Crippen LogP contribution in [-0.2, 0) is 9.59 Å². The Bertz CT molecular complexity index is 593. The summed E-state index contributed by atoms with van der Waals surface area (Å²) < 4.78 is 5.73. The Morgan fingerprint density at radius 1 is 1.23 bits per heavy atom. The van der Waals surface area contributed by atoms with Crippen LogP contribution in [0.15, 0.2) is 24.3 Å². The van der Waals surface area contributed by atoms with Gasteiger partial charge in [0.05, 0.1) is 6.61 Å². The summed E-state index contributed by atoms with van der Waals surface area (Å²) in [5.41, 5.74) is 1.11. The number of hydrogen-bond acceptors (Lipinski definition) is 3. The fourth-order valence-corrected chi connectivity index (χ4v) is 3.18. The van der Waals surface area contributed by atoms with Crippen LogP contribution in [0.3, 0.4) is 0 Å². The fourth-order valence-electron chi connectivity index (χ4n) is 3.18. The number of carbonyl (C=O) groups is 2. The van der Waals surface area contributed by atoms with Gasteiger partial charge in [0, 0.05) is 32.0 Å². The first-order chi connectivity index (χ1) is 12.5. The van der Waals surface area contributed by atoms with Gasteiger partial charge >= 0.3 is 0 Å². The number of nitrogens with zero attached hydrogens (tertiary/aromatic N) is 1. The molecule has 1 saturated heterocycles. The Kier molecular flexibility index (Phi) is 7.95. The van der Waals surface area contributed by atoms with E-state index < -0.39 is 0 Å². The lowest BCUT2D eigenvalue weighted by Gasteiger charge is -2.32. The zero-order chi connectivity index (χ0) is 18.9. The Labute approximate surface area is 157 Å². The molecule has 0 aromatic heterocycles. The van der Waals surface area contributed by atoms with E-state index in [9.17, 15) is 9.59 Å². The number of amides is 2. The number of hydrogen-bond donors (Lipinski definition) is 1. The van der Waals surface area contributed by atoms with E-state index in [1.165, 1.54) is 0 Å². The normalized spacial score (nSPS) is 15.2. The average Bonchev–Trinajstić information content (AvgIpc) is 2.60. The van der Waals surface area contributed by atoms with Gasteiger partial charge in [0.2, 0.25) is 11.8 Å². The summed E-state index contributed by atoms with van der Waals surface area (Å²) in [6.45, 7) is 8.17. The zero-order valence-electron chi connectivity index (χ0n) is 16.3. The lowest BCUT2D eigenvalue weighted by molar-refractivity contribution is -0.133. The smallest absolute Gasteiger partial charge is 0.222 e. The van der Waals surface area contributed by atoms with E-state index in [1.807, 2.05) is 36.1 Å². The van der Waals surface area contributed by atoms with Crippen LogP contribution in [0.4, 0.5) is 0 Å². The van der Waals surface area contributed by atoms with E-state index in [4.69, 9.17) is 4.74 Å². The summed E-state index contributed by atoms with van der Waals surface area (Å²) in [4.78, 5) is 26.1. The highest BCUT2D eigenvalue weighted by atomic mass is 16.5. The number of ether oxygens (including phenoxy) is 1. The molecule has 26 heavy (non-hydrogen) atoms. The first kappa shape index (κ1) is 20.3. The zero-order valence-corrected chi connectivity index (χ0v) is 16.3. The highest BCUT2D eigenvalue weighted by Gasteiger charge is 2.23. The Morgan fingerprint density at radius 2 is 1.92 bits per heavy atom. The number of piperidine rings is 1. The highest BCUT2D eigenvalue weighted by molar-refractivity contribution is 5.77. The van der Waals surface area contributed by atoms with Crippen LogP contribution < -0.4 is 10.1 Å². The Balaban J connectivity index is 1.60. The summed E-state index contributed by atoms with van der Waals surface area (Å²) in [7, 11) is 0. The first-order valence-electron chi connectivity index (χ1n) is 9.71. The quantitative estimate of drug-likeness (QED) is 0.724. The van der Waals surface area contributed by atoms with Gasteiger partial charge in [-0.25, -0.2) is 0 Å². The molecule has 0 saturated carbocycles. The molecule has 0 bridgehead atoms. The molecule has 1 aliphatic heterocycles. The molecule has 1 fully saturated rings. The molecule has 2 rings (SSSR count). The molecule has 1 aromatic carbocycles. The maximum atomic E-state index is 12.1. The molecule has 0 unspecified atom stereocenters. The van der Waals surface area contributed by atoms with Gasteiger partial charge in [-0.15, -0.1) is 0 Å². The van der Waals surface area contributed by atoms with Crippen LogP contribution in [0.5, 0.6) is 5.75 Å². The number of para-hydroxylation sites is 1. The monoisotopic (exact) mass is 360 g/mol. The summed E-state index contributed by atoms with van der Waals surface area (Å²) in [6.07, 6.45) is 3.47. The minimum absolute atomic E-state index is 0.0744. The van der Waals surface area contributed by atoms with E-state index in [2.05, 4.69) is 19.2 Å². The molecular weight excluding hydrogens is 328 g/mol. The lowest BCUT2D eigenvalue weighted by atomic mass is 10.0. The van der Waals surface area contributed by atoms with Crippen molar-refractivity contribution in [3.8, 4) is 5.75 Å². The third kappa shape index (κ3) is 6.70. The van der Waals surface area contributed by atoms with Gasteiger partial charge in [-0.3, -0.25) is 9.59 Å². The second kappa shape index (κ2) is 10.2. The first-order valence-corrected chi connectivity index (χ1v) is 9.71. The Hall–Kier alpha value is -2.04. The molecule has 1 aliphatic rings. The topological polar surface area (TPSA) is 58.6 Å². The second-order valence-electron chi connectivity index (χ2n) is 7.54. The van der Waals surface area contributed by atoms with Crippen molar-refractivity contribution in [2.24, 2.45) is 5.92 Å². The Morgan fingerprint density at radius 3 is 2.58 bits per heavy atom. The molecule has 2 amide bonds. The van der Waals surface area contributed by atoms with Crippen LogP contribution in [0, 0.1) is 12.8 Å². The van der Waals surface area contributed by atoms with Crippen LogP contribution in [0.25, 0.3) is 0 Å². The van der Waals surface area contributed by atoms with Crippen molar-refractivity contribution in [1.29, 1.82) is 0 Å². The van der Waals surface area contributed by atoms with Gasteiger partial charge in [-0.2, -0.15) is 0 Å². The molecule has 0 spiro atoms. The maximum absolute atomic E-state index is 12.1.